The van der Waals surface area contributed by atoms with Crippen molar-refractivity contribution in [3.63, 3.8) is 0 Å². The third-order valence-corrected chi connectivity index (χ3v) is 2.32. The Morgan fingerprint density at radius 1 is 1.47 bits per heavy atom. The van der Waals surface area contributed by atoms with Crippen LogP contribution in [-0.2, 0) is 4.79 Å². The Bertz CT molecular complexity index is 402. The van der Waals surface area contributed by atoms with Crippen molar-refractivity contribution in [2.45, 2.75) is 20.8 Å². The molecule has 0 aliphatic carbocycles. The molecule has 1 rings (SSSR count). The summed E-state index contributed by atoms with van der Waals surface area (Å²) in [6.07, 6.45) is 0. The molecule has 1 aromatic heterocycles. The molecule has 5 nitrogen and oxygen atoms in total. The van der Waals surface area contributed by atoms with E-state index >= 15 is 0 Å². The Labute approximate surface area is 92.6 Å². The summed E-state index contributed by atoms with van der Waals surface area (Å²) in [6.45, 7) is 5.49. The number of ketones is 1. The van der Waals surface area contributed by atoms with Crippen molar-refractivity contribution in [2.75, 3.05) is 12.8 Å². The Morgan fingerprint density at radius 2 is 2.07 bits per heavy atom. The highest BCUT2D eigenvalue weighted by Gasteiger charge is 2.29. The highest BCUT2D eigenvalue weighted by molar-refractivity contribution is 7.09. The van der Waals surface area contributed by atoms with Crippen LogP contribution in [0.5, 0.6) is 0 Å². The summed E-state index contributed by atoms with van der Waals surface area (Å²) in [4.78, 5) is 19.8. The minimum Gasteiger partial charge on any atom is -0.374 e. The van der Waals surface area contributed by atoms with Gasteiger partial charge in [-0.25, -0.2) is 0 Å². The molecule has 0 fully saturated rings. The Hall–Kier alpha value is -1.30. The molecule has 0 radical (unpaired) electrons. The normalized spacial score (nSPS) is 12.9. The zero-order valence-corrected chi connectivity index (χ0v) is 10.1. The van der Waals surface area contributed by atoms with Crippen LogP contribution < -0.4 is 5.73 Å². The lowest BCUT2D eigenvalue weighted by Crippen LogP contribution is -2.30. The van der Waals surface area contributed by atoms with Gasteiger partial charge in [-0.05, 0) is 0 Å². The van der Waals surface area contributed by atoms with Gasteiger partial charge in [-0.2, -0.15) is 9.36 Å². The fraction of sp³-hybridized carbons (Fsp3) is 0.556. The quantitative estimate of drug-likeness (QED) is 0.767. The lowest BCUT2D eigenvalue weighted by atomic mass is 9.88. The molecule has 0 atom stereocenters. The monoisotopic (exact) mass is 226 g/mol. The minimum absolute atomic E-state index is 0.0807. The standard InChI is InChI=1S/C9H14N4OS/c1-9(2,3)6(14)5(11-4)7-12-8(10)15-13-7/h1-4H3,(H2,10,12,13). The summed E-state index contributed by atoms with van der Waals surface area (Å²) >= 11 is 1.06. The first-order valence-electron chi connectivity index (χ1n) is 4.47. The van der Waals surface area contributed by atoms with E-state index in [0.717, 1.165) is 11.5 Å². The number of anilines is 1. The van der Waals surface area contributed by atoms with Gasteiger partial charge in [0.2, 0.25) is 0 Å². The molecule has 1 aromatic rings. The predicted octanol–water partition coefficient (Wildman–Crippen LogP) is 1.15. The molecule has 0 spiro atoms. The molecule has 1 heterocycles. The van der Waals surface area contributed by atoms with E-state index in [-0.39, 0.29) is 11.5 Å². The highest BCUT2D eigenvalue weighted by atomic mass is 32.1. The Kier molecular flexibility index (Phi) is 3.18. The summed E-state index contributed by atoms with van der Waals surface area (Å²) in [7, 11) is 1.55. The number of nitrogens with two attached hydrogens (primary N) is 1. The molecule has 0 aliphatic rings. The van der Waals surface area contributed by atoms with Crippen molar-refractivity contribution >= 4 is 28.2 Å². The van der Waals surface area contributed by atoms with Crippen molar-refractivity contribution < 1.29 is 4.79 Å². The van der Waals surface area contributed by atoms with Crippen molar-refractivity contribution in [3.05, 3.63) is 5.82 Å². The van der Waals surface area contributed by atoms with Gasteiger partial charge in [0.15, 0.2) is 16.7 Å². The van der Waals surface area contributed by atoms with Crippen molar-refractivity contribution in [2.24, 2.45) is 10.4 Å². The van der Waals surface area contributed by atoms with E-state index < -0.39 is 5.41 Å². The van der Waals surface area contributed by atoms with Gasteiger partial charge in [-0.3, -0.25) is 9.79 Å². The molecule has 0 saturated carbocycles. The average Bonchev–Trinajstić information content (AvgIpc) is 2.51. The van der Waals surface area contributed by atoms with E-state index in [1.807, 2.05) is 20.8 Å². The third-order valence-electron chi connectivity index (χ3n) is 1.77. The molecule has 15 heavy (non-hydrogen) atoms. The van der Waals surface area contributed by atoms with Crippen LogP contribution in [0.3, 0.4) is 0 Å². The molecule has 0 bridgehead atoms. The van der Waals surface area contributed by atoms with Crippen LogP contribution in [0.1, 0.15) is 26.6 Å². The van der Waals surface area contributed by atoms with Crippen LogP contribution in [-0.4, -0.2) is 27.9 Å². The number of hydrogen-bond acceptors (Lipinski definition) is 6. The second kappa shape index (κ2) is 4.06. The maximum Gasteiger partial charge on any atom is 0.200 e. The summed E-state index contributed by atoms with van der Waals surface area (Å²) in [5.41, 5.74) is 5.26. The molecule has 0 unspecified atom stereocenters. The van der Waals surface area contributed by atoms with Crippen LogP contribution in [0.15, 0.2) is 4.99 Å². The van der Waals surface area contributed by atoms with Crippen LogP contribution in [0.25, 0.3) is 0 Å². The van der Waals surface area contributed by atoms with Crippen molar-refractivity contribution in [1.29, 1.82) is 0 Å². The maximum atomic E-state index is 12.0. The van der Waals surface area contributed by atoms with Gasteiger partial charge in [0, 0.05) is 24.0 Å². The smallest absolute Gasteiger partial charge is 0.200 e. The summed E-state index contributed by atoms with van der Waals surface area (Å²) in [5, 5.41) is 0.341. The Morgan fingerprint density at radius 3 is 2.40 bits per heavy atom. The molecular formula is C9H14N4OS. The number of aliphatic imine (C=N–C) groups is 1. The number of Topliss-reactive ketones (excluding diaryl/α,β-unsaturated/α-hetero) is 1. The molecule has 82 valence electrons. The second-order valence-electron chi connectivity index (χ2n) is 4.11. The van der Waals surface area contributed by atoms with Gasteiger partial charge in [0.1, 0.15) is 5.71 Å². The molecule has 0 aliphatic heterocycles. The van der Waals surface area contributed by atoms with E-state index in [9.17, 15) is 4.79 Å². The van der Waals surface area contributed by atoms with E-state index in [4.69, 9.17) is 5.73 Å². The van der Waals surface area contributed by atoms with Gasteiger partial charge < -0.3 is 5.73 Å². The van der Waals surface area contributed by atoms with E-state index in [1.54, 1.807) is 7.05 Å². The molecule has 2 N–H and O–H groups in total. The van der Waals surface area contributed by atoms with Gasteiger partial charge >= 0.3 is 0 Å². The van der Waals surface area contributed by atoms with Gasteiger partial charge in [0.05, 0.1) is 0 Å². The number of carbonyl (C=O) groups excluding carboxylic acids is 1. The van der Waals surface area contributed by atoms with Crippen molar-refractivity contribution in [1.82, 2.24) is 9.36 Å². The fourth-order valence-corrected chi connectivity index (χ4v) is 1.42. The largest absolute Gasteiger partial charge is 0.374 e. The highest BCUT2D eigenvalue weighted by Crippen LogP contribution is 2.18. The average molecular weight is 226 g/mol. The SMILES string of the molecule is CN=C(C(=O)C(C)(C)C)c1nsc(N)n1. The van der Waals surface area contributed by atoms with Gasteiger partial charge in [-0.1, -0.05) is 20.8 Å². The van der Waals surface area contributed by atoms with Gasteiger partial charge in [-0.15, -0.1) is 0 Å². The van der Waals surface area contributed by atoms with E-state index in [0.29, 0.717) is 11.0 Å². The summed E-state index contributed by atoms with van der Waals surface area (Å²) < 4.78 is 3.98. The first kappa shape index (κ1) is 11.8. The predicted molar refractivity (Wildman–Crippen MR) is 61.2 cm³/mol. The number of hydrogen-bond donors (Lipinski definition) is 1. The number of carbonyl (C=O) groups is 1. The molecule has 0 amide bonds. The van der Waals surface area contributed by atoms with E-state index in [2.05, 4.69) is 14.3 Å². The lowest BCUT2D eigenvalue weighted by molar-refractivity contribution is -0.119. The molecule has 0 saturated heterocycles. The fourth-order valence-electron chi connectivity index (χ4n) is 0.990. The second-order valence-corrected chi connectivity index (χ2v) is 4.89. The summed E-state index contributed by atoms with van der Waals surface area (Å²) in [5.74, 6) is 0.239. The topological polar surface area (TPSA) is 81.2 Å². The molecular weight excluding hydrogens is 212 g/mol. The third kappa shape index (κ3) is 2.59. The van der Waals surface area contributed by atoms with Crippen LogP contribution >= 0.6 is 11.5 Å². The zero-order valence-electron chi connectivity index (χ0n) is 9.24. The maximum absolute atomic E-state index is 12.0. The van der Waals surface area contributed by atoms with Crippen LogP contribution in [0.2, 0.25) is 0 Å². The molecule has 0 aromatic carbocycles. The first-order valence-corrected chi connectivity index (χ1v) is 5.24. The lowest BCUT2D eigenvalue weighted by Gasteiger charge is -2.16. The van der Waals surface area contributed by atoms with Crippen LogP contribution in [0.4, 0.5) is 5.13 Å². The number of aromatic nitrogens is 2. The number of nitrogens with zero attached hydrogens (tertiary/aromatic N) is 3. The number of nitrogen functional groups attached to an aromatic ring is 1. The number of rotatable bonds is 2. The first-order chi connectivity index (χ1) is 6.86. The summed E-state index contributed by atoms with van der Waals surface area (Å²) in [6, 6.07) is 0. The molecule has 6 heteroatoms. The minimum atomic E-state index is -0.491. The zero-order chi connectivity index (χ0) is 11.6. The van der Waals surface area contributed by atoms with Crippen molar-refractivity contribution in [3.8, 4) is 0 Å². The van der Waals surface area contributed by atoms with Gasteiger partial charge in [0.25, 0.3) is 0 Å². The van der Waals surface area contributed by atoms with Crippen LogP contribution in [0, 0.1) is 5.41 Å². The van der Waals surface area contributed by atoms with E-state index in [1.165, 1.54) is 0 Å². The Balaban J connectivity index is 3.07.